The summed E-state index contributed by atoms with van der Waals surface area (Å²) in [5.74, 6) is 0.598. The van der Waals surface area contributed by atoms with Crippen molar-refractivity contribution >= 4 is 38.9 Å². The topological polar surface area (TPSA) is 0 Å². The third-order valence-electron chi connectivity index (χ3n) is 3.40. The molecule has 0 aliphatic heterocycles. The van der Waals surface area contributed by atoms with Gasteiger partial charge in [-0.05, 0) is 36.1 Å². The van der Waals surface area contributed by atoms with Crippen LogP contribution in [0, 0.1) is 6.92 Å². The molecule has 0 saturated carbocycles. The molecule has 88 valence electrons. The van der Waals surface area contributed by atoms with Crippen LogP contribution in [0.15, 0.2) is 30.3 Å². The van der Waals surface area contributed by atoms with Crippen LogP contribution in [0.4, 0.5) is 0 Å². The predicted octanol–water partition coefficient (Wildman–Crippen LogP) is 5.49. The fourth-order valence-corrected chi connectivity index (χ4v) is 4.52. The highest BCUT2D eigenvalue weighted by Gasteiger charge is 2.33. The van der Waals surface area contributed by atoms with Crippen LogP contribution in [-0.2, 0) is 6.42 Å². The quantitative estimate of drug-likeness (QED) is 0.640. The zero-order valence-corrected chi connectivity index (χ0v) is 12.6. The predicted molar refractivity (Wildman–Crippen MR) is 78.6 cm³/mol. The van der Waals surface area contributed by atoms with Crippen molar-refractivity contribution in [2.45, 2.75) is 24.1 Å². The Bertz CT molecular complexity index is 542. The van der Waals surface area contributed by atoms with Gasteiger partial charge in [0.05, 0.1) is 9.16 Å². The Balaban J connectivity index is 1.88. The summed E-state index contributed by atoms with van der Waals surface area (Å²) in [7, 11) is 0. The van der Waals surface area contributed by atoms with Crippen LogP contribution in [0.5, 0.6) is 0 Å². The third-order valence-corrected chi connectivity index (χ3v) is 6.47. The highest BCUT2D eigenvalue weighted by Crippen LogP contribution is 2.50. The van der Waals surface area contributed by atoms with E-state index >= 15 is 0 Å². The molecule has 3 heteroatoms. The van der Waals surface area contributed by atoms with E-state index in [2.05, 4.69) is 53.2 Å². The number of rotatable bonds is 2. The lowest BCUT2D eigenvalue weighted by Gasteiger charge is -2.33. The molecule has 2 atom stereocenters. The van der Waals surface area contributed by atoms with Gasteiger partial charge < -0.3 is 0 Å². The van der Waals surface area contributed by atoms with E-state index in [1.807, 2.05) is 0 Å². The first-order valence-corrected chi connectivity index (χ1v) is 7.75. The molecule has 0 amide bonds. The van der Waals surface area contributed by atoms with E-state index in [1.54, 1.807) is 11.3 Å². The largest absolute Gasteiger partial charge is 0.127 e. The second-order valence-corrected chi connectivity index (χ2v) is 7.19. The molecule has 1 aromatic heterocycles. The Hall–Kier alpha value is -0.310. The number of halogens is 2. The minimum absolute atomic E-state index is 0.397. The third kappa shape index (κ3) is 1.96. The Morgan fingerprint density at radius 3 is 2.82 bits per heavy atom. The fourth-order valence-electron chi connectivity index (χ4n) is 2.38. The van der Waals surface area contributed by atoms with Gasteiger partial charge in [0.25, 0.3) is 0 Å². The molecule has 2 unspecified atom stereocenters. The van der Waals surface area contributed by atoms with Crippen LogP contribution >= 0.6 is 38.9 Å². The molecule has 1 aromatic carbocycles. The van der Waals surface area contributed by atoms with Gasteiger partial charge in [-0.2, -0.15) is 0 Å². The maximum absolute atomic E-state index is 6.14. The molecule has 0 saturated heterocycles. The summed E-state index contributed by atoms with van der Waals surface area (Å²) in [5.41, 5.74) is 4.15. The molecule has 0 spiro atoms. The molecular formula is C14H12BrClS. The maximum atomic E-state index is 6.14. The highest BCUT2D eigenvalue weighted by molar-refractivity contribution is 9.09. The Kier molecular flexibility index (Phi) is 3.06. The minimum Gasteiger partial charge on any atom is -0.127 e. The second kappa shape index (κ2) is 4.42. The smallest absolute Gasteiger partial charge is 0.0960 e. The molecule has 17 heavy (non-hydrogen) atoms. The molecule has 0 nitrogen and oxygen atoms in total. The molecule has 0 N–H and O–H groups in total. The van der Waals surface area contributed by atoms with Crippen LogP contribution in [0.3, 0.4) is 0 Å². The van der Waals surface area contributed by atoms with Crippen LogP contribution in [0.25, 0.3) is 0 Å². The first kappa shape index (κ1) is 11.8. The number of fused-ring (bicyclic) bond motifs is 1. The van der Waals surface area contributed by atoms with Crippen molar-refractivity contribution in [2.75, 3.05) is 0 Å². The van der Waals surface area contributed by atoms with Crippen molar-refractivity contribution in [1.82, 2.24) is 0 Å². The molecule has 0 radical (unpaired) electrons. The van der Waals surface area contributed by atoms with E-state index in [0.29, 0.717) is 10.7 Å². The van der Waals surface area contributed by atoms with Crippen LogP contribution in [0.2, 0.25) is 4.34 Å². The number of thiophene rings is 1. The maximum Gasteiger partial charge on any atom is 0.0960 e. The summed E-state index contributed by atoms with van der Waals surface area (Å²) in [6.07, 6.45) is 1.17. The normalized spacial score (nSPS) is 19.6. The summed E-state index contributed by atoms with van der Waals surface area (Å²) in [5, 5.41) is 0. The van der Waals surface area contributed by atoms with E-state index in [-0.39, 0.29) is 0 Å². The lowest BCUT2D eigenvalue weighted by atomic mass is 9.75. The molecule has 1 aliphatic carbocycles. The average Bonchev–Trinajstić information content (AvgIpc) is 2.61. The molecule has 2 aromatic rings. The van der Waals surface area contributed by atoms with Crippen molar-refractivity contribution in [1.29, 1.82) is 0 Å². The zero-order chi connectivity index (χ0) is 12.0. The van der Waals surface area contributed by atoms with Gasteiger partial charge in [-0.15, -0.1) is 11.3 Å². The van der Waals surface area contributed by atoms with Gasteiger partial charge in [-0.1, -0.05) is 51.8 Å². The minimum atomic E-state index is 0.397. The van der Waals surface area contributed by atoms with Gasteiger partial charge in [0, 0.05) is 10.8 Å². The van der Waals surface area contributed by atoms with Crippen molar-refractivity contribution in [3.05, 3.63) is 56.2 Å². The summed E-state index contributed by atoms with van der Waals surface area (Å²) in [6.45, 7) is 2.07. The number of aryl methyl sites for hydroxylation is 1. The summed E-state index contributed by atoms with van der Waals surface area (Å²) < 4.78 is 0.914. The first-order chi connectivity index (χ1) is 8.16. The SMILES string of the molecule is Cc1cc(C(Br)C2Cc3ccccc32)sc1Cl. The number of alkyl halides is 1. The average molecular weight is 328 g/mol. The van der Waals surface area contributed by atoms with Gasteiger partial charge in [0.2, 0.25) is 0 Å². The molecule has 1 aliphatic rings. The number of hydrogen-bond donors (Lipinski definition) is 0. The molecule has 3 rings (SSSR count). The van der Waals surface area contributed by atoms with E-state index in [4.69, 9.17) is 11.6 Å². The van der Waals surface area contributed by atoms with Gasteiger partial charge in [-0.3, -0.25) is 0 Å². The lowest BCUT2D eigenvalue weighted by Crippen LogP contribution is -2.20. The molecule has 1 heterocycles. The van der Waals surface area contributed by atoms with Gasteiger partial charge in [0.15, 0.2) is 0 Å². The van der Waals surface area contributed by atoms with E-state index in [9.17, 15) is 0 Å². The van der Waals surface area contributed by atoms with Crippen molar-refractivity contribution < 1.29 is 0 Å². The van der Waals surface area contributed by atoms with E-state index in [0.717, 1.165) is 4.34 Å². The van der Waals surface area contributed by atoms with Gasteiger partial charge in [0.1, 0.15) is 0 Å². The van der Waals surface area contributed by atoms with Gasteiger partial charge in [-0.25, -0.2) is 0 Å². The standard InChI is InChI=1S/C14H12BrClS/c1-8-6-12(17-14(8)16)13(15)11-7-9-4-2-3-5-10(9)11/h2-6,11,13H,7H2,1H3. The summed E-state index contributed by atoms with van der Waals surface area (Å²) >= 11 is 11.7. The monoisotopic (exact) mass is 326 g/mol. The number of benzene rings is 1. The van der Waals surface area contributed by atoms with Crippen LogP contribution in [0.1, 0.15) is 32.3 Å². The summed E-state index contributed by atoms with van der Waals surface area (Å²) in [6, 6.07) is 10.9. The van der Waals surface area contributed by atoms with Gasteiger partial charge >= 0.3 is 0 Å². The number of hydrogen-bond acceptors (Lipinski definition) is 1. The molecule has 0 bridgehead atoms. The molecule has 0 fully saturated rings. The Morgan fingerprint density at radius 1 is 1.41 bits per heavy atom. The lowest BCUT2D eigenvalue weighted by molar-refractivity contribution is 0.605. The fraction of sp³-hybridized carbons (Fsp3) is 0.286. The van der Waals surface area contributed by atoms with Crippen molar-refractivity contribution in [2.24, 2.45) is 0 Å². The van der Waals surface area contributed by atoms with E-state index < -0.39 is 0 Å². The highest BCUT2D eigenvalue weighted by atomic mass is 79.9. The first-order valence-electron chi connectivity index (χ1n) is 5.64. The Labute approximate surface area is 119 Å². The second-order valence-electron chi connectivity index (χ2n) is 4.52. The zero-order valence-electron chi connectivity index (χ0n) is 9.41. The summed E-state index contributed by atoms with van der Waals surface area (Å²) in [4.78, 5) is 1.74. The van der Waals surface area contributed by atoms with Crippen molar-refractivity contribution in [3.8, 4) is 0 Å². The van der Waals surface area contributed by atoms with Crippen LogP contribution < -0.4 is 0 Å². The molecular weight excluding hydrogens is 316 g/mol. The van der Waals surface area contributed by atoms with Crippen LogP contribution in [-0.4, -0.2) is 0 Å². The van der Waals surface area contributed by atoms with E-state index in [1.165, 1.54) is 28.0 Å². The van der Waals surface area contributed by atoms with Crippen molar-refractivity contribution in [3.63, 3.8) is 0 Å². The Morgan fingerprint density at radius 2 is 2.18 bits per heavy atom.